The molecule has 1 aromatic carbocycles. The molecule has 0 bridgehead atoms. The number of furan rings is 1. The molecule has 0 aliphatic rings. The maximum absolute atomic E-state index is 10.5. The van der Waals surface area contributed by atoms with Gasteiger partial charge >= 0.3 is 5.97 Å². The summed E-state index contributed by atoms with van der Waals surface area (Å²) in [4.78, 5) is 10.5. The molecule has 4 heteroatoms. The zero-order valence-electron chi connectivity index (χ0n) is 11.2. The van der Waals surface area contributed by atoms with Crippen molar-refractivity contribution >= 4 is 16.9 Å². The molecule has 2 atom stereocenters. The zero-order valence-corrected chi connectivity index (χ0v) is 11.2. The minimum absolute atomic E-state index is 0.0659. The van der Waals surface area contributed by atoms with Crippen LogP contribution < -0.4 is 5.32 Å². The number of aliphatic carboxylic acids is 1. The summed E-state index contributed by atoms with van der Waals surface area (Å²) in [6.07, 6.45) is 0.793. The van der Waals surface area contributed by atoms with Crippen LogP contribution in [0.1, 0.15) is 38.5 Å². The molecule has 0 radical (unpaired) electrons. The normalized spacial score (nSPS) is 14.4. The van der Waals surface area contributed by atoms with Crippen LogP contribution in [0.4, 0.5) is 0 Å². The van der Waals surface area contributed by atoms with Gasteiger partial charge in [0.15, 0.2) is 0 Å². The first-order valence-corrected chi connectivity index (χ1v) is 6.52. The first-order valence-electron chi connectivity index (χ1n) is 6.52. The monoisotopic (exact) mass is 261 g/mol. The molecule has 0 aliphatic carbocycles. The quantitative estimate of drug-likeness (QED) is 0.837. The van der Waals surface area contributed by atoms with Gasteiger partial charge in [-0.3, -0.25) is 4.79 Å². The molecule has 0 saturated carbocycles. The standard InChI is InChI=1S/C15H19NO3/c1-10(7-8-15(17)18)16-11(2)14-9-12-5-3-4-6-13(12)19-14/h3-6,9-11,16H,7-8H2,1-2H3,(H,17,18). The van der Waals surface area contributed by atoms with Gasteiger partial charge in [-0.25, -0.2) is 0 Å². The summed E-state index contributed by atoms with van der Waals surface area (Å²) >= 11 is 0. The number of carbonyl (C=O) groups is 1. The molecule has 0 spiro atoms. The first kappa shape index (κ1) is 13.6. The number of hydrogen-bond donors (Lipinski definition) is 2. The van der Waals surface area contributed by atoms with Gasteiger partial charge in [0.05, 0.1) is 6.04 Å². The second kappa shape index (κ2) is 5.89. The fourth-order valence-electron chi connectivity index (χ4n) is 2.15. The van der Waals surface area contributed by atoms with E-state index >= 15 is 0 Å². The van der Waals surface area contributed by atoms with Crippen LogP contribution >= 0.6 is 0 Å². The lowest BCUT2D eigenvalue weighted by Crippen LogP contribution is -2.29. The lowest BCUT2D eigenvalue weighted by molar-refractivity contribution is -0.137. The predicted molar refractivity (Wildman–Crippen MR) is 74.1 cm³/mol. The third-order valence-corrected chi connectivity index (χ3v) is 3.20. The van der Waals surface area contributed by atoms with E-state index in [-0.39, 0.29) is 18.5 Å². The minimum Gasteiger partial charge on any atom is -0.481 e. The number of carboxylic acids is 1. The van der Waals surface area contributed by atoms with Crippen molar-refractivity contribution in [3.05, 3.63) is 36.1 Å². The molecule has 2 N–H and O–H groups in total. The Labute approximate surface area is 112 Å². The van der Waals surface area contributed by atoms with Gasteiger partial charge in [-0.1, -0.05) is 18.2 Å². The van der Waals surface area contributed by atoms with Crippen LogP contribution in [0.3, 0.4) is 0 Å². The molecule has 0 saturated heterocycles. The fraction of sp³-hybridized carbons (Fsp3) is 0.400. The maximum Gasteiger partial charge on any atom is 0.303 e. The highest BCUT2D eigenvalue weighted by atomic mass is 16.4. The number of benzene rings is 1. The van der Waals surface area contributed by atoms with Gasteiger partial charge in [0.1, 0.15) is 11.3 Å². The second-order valence-electron chi connectivity index (χ2n) is 4.91. The van der Waals surface area contributed by atoms with Gasteiger partial charge in [0, 0.05) is 17.8 Å². The average Bonchev–Trinajstić information content (AvgIpc) is 2.80. The third kappa shape index (κ3) is 3.58. The molecule has 19 heavy (non-hydrogen) atoms. The van der Waals surface area contributed by atoms with Crippen molar-refractivity contribution in [3.8, 4) is 0 Å². The van der Waals surface area contributed by atoms with Crippen LogP contribution in [0.2, 0.25) is 0 Å². The third-order valence-electron chi connectivity index (χ3n) is 3.20. The molecule has 4 nitrogen and oxygen atoms in total. The largest absolute Gasteiger partial charge is 0.481 e. The number of nitrogens with one attached hydrogen (secondary N) is 1. The molecule has 0 aliphatic heterocycles. The van der Waals surface area contributed by atoms with E-state index in [1.807, 2.05) is 44.2 Å². The van der Waals surface area contributed by atoms with Gasteiger partial charge in [0.2, 0.25) is 0 Å². The lowest BCUT2D eigenvalue weighted by Gasteiger charge is -2.17. The highest BCUT2D eigenvalue weighted by Gasteiger charge is 2.14. The van der Waals surface area contributed by atoms with Crippen molar-refractivity contribution < 1.29 is 14.3 Å². The Hall–Kier alpha value is -1.81. The summed E-state index contributed by atoms with van der Waals surface area (Å²) in [7, 11) is 0. The van der Waals surface area contributed by atoms with E-state index in [0.29, 0.717) is 6.42 Å². The van der Waals surface area contributed by atoms with Crippen molar-refractivity contribution in [2.24, 2.45) is 0 Å². The van der Waals surface area contributed by atoms with E-state index in [2.05, 4.69) is 5.32 Å². The molecule has 2 aromatic rings. The highest BCUT2D eigenvalue weighted by Crippen LogP contribution is 2.24. The van der Waals surface area contributed by atoms with E-state index in [1.165, 1.54) is 0 Å². The summed E-state index contributed by atoms with van der Waals surface area (Å²) < 4.78 is 5.78. The molecular formula is C15H19NO3. The lowest BCUT2D eigenvalue weighted by atomic mass is 10.1. The zero-order chi connectivity index (χ0) is 13.8. The fourth-order valence-corrected chi connectivity index (χ4v) is 2.15. The van der Waals surface area contributed by atoms with Gasteiger partial charge in [0.25, 0.3) is 0 Å². The van der Waals surface area contributed by atoms with Gasteiger partial charge < -0.3 is 14.8 Å². The van der Waals surface area contributed by atoms with E-state index in [9.17, 15) is 4.79 Å². The predicted octanol–water partition coefficient (Wildman–Crippen LogP) is 3.34. The van der Waals surface area contributed by atoms with E-state index in [0.717, 1.165) is 16.7 Å². The van der Waals surface area contributed by atoms with Crippen molar-refractivity contribution in [1.82, 2.24) is 5.32 Å². The topological polar surface area (TPSA) is 62.5 Å². The maximum atomic E-state index is 10.5. The molecule has 2 rings (SSSR count). The molecule has 2 unspecified atom stereocenters. The van der Waals surface area contributed by atoms with Gasteiger partial charge in [-0.05, 0) is 32.4 Å². The SMILES string of the molecule is CC(CCC(=O)O)NC(C)c1cc2ccccc2o1. The Balaban J connectivity index is 1.99. The molecule has 0 fully saturated rings. The summed E-state index contributed by atoms with van der Waals surface area (Å²) in [5.41, 5.74) is 0.879. The summed E-state index contributed by atoms with van der Waals surface area (Å²) in [6, 6.07) is 10.1. The Morgan fingerprint density at radius 1 is 1.37 bits per heavy atom. The number of rotatable bonds is 6. The average molecular weight is 261 g/mol. The highest BCUT2D eigenvalue weighted by molar-refractivity contribution is 5.77. The van der Waals surface area contributed by atoms with Crippen LogP contribution in [0.15, 0.2) is 34.7 Å². The van der Waals surface area contributed by atoms with Crippen molar-refractivity contribution in [3.63, 3.8) is 0 Å². The van der Waals surface area contributed by atoms with E-state index in [4.69, 9.17) is 9.52 Å². The van der Waals surface area contributed by atoms with Crippen molar-refractivity contribution in [2.45, 2.75) is 38.8 Å². The number of carboxylic acid groups (broad SMARTS) is 1. The smallest absolute Gasteiger partial charge is 0.303 e. The van der Waals surface area contributed by atoms with Crippen molar-refractivity contribution in [1.29, 1.82) is 0 Å². The molecule has 1 aromatic heterocycles. The van der Waals surface area contributed by atoms with Crippen LogP contribution in [0.25, 0.3) is 11.0 Å². The van der Waals surface area contributed by atoms with Crippen LogP contribution in [0, 0.1) is 0 Å². The number of fused-ring (bicyclic) bond motifs is 1. The minimum atomic E-state index is -0.759. The Bertz CT molecular complexity index is 528. The Kier molecular flexibility index (Phi) is 4.22. The van der Waals surface area contributed by atoms with Crippen molar-refractivity contribution in [2.75, 3.05) is 0 Å². The Morgan fingerprint density at radius 2 is 2.11 bits per heavy atom. The molecule has 1 heterocycles. The van der Waals surface area contributed by atoms with Crippen LogP contribution in [-0.2, 0) is 4.79 Å². The summed E-state index contributed by atoms with van der Waals surface area (Å²) in [6.45, 7) is 4.01. The van der Waals surface area contributed by atoms with Gasteiger partial charge in [-0.2, -0.15) is 0 Å². The molecule has 102 valence electrons. The molecular weight excluding hydrogens is 242 g/mol. The van der Waals surface area contributed by atoms with Crippen LogP contribution in [-0.4, -0.2) is 17.1 Å². The summed E-state index contributed by atoms with van der Waals surface area (Å²) in [5, 5.41) is 13.1. The second-order valence-corrected chi connectivity index (χ2v) is 4.91. The Morgan fingerprint density at radius 3 is 2.79 bits per heavy atom. The molecule has 0 amide bonds. The van der Waals surface area contributed by atoms with Crippen LogP contribution in [0.5, 0.6) is 0 Å². The number of para-hydroxylation sites is 1. The summed E-state index contributed by atoms with van der Waals surface area (Å²) in [5.74, 6) is 0.119. The first-order chi connectivity index (χ1) is 9.06. The van der Waals surface area contributed by atoms with E-state index in [1.54, 1.807) is 0 Å². The van der Waals surface area contributed by atoms with E-state index < -0.39 is 5.97 Å². The van der Waals surface area contributed by atoms with Gasteiger partial charge in [-0.15, -0.1) is 0 Å². The number of hydrogen-bond acceptors (Lipinski definition) is 3.